The Hall–Kier alpha value is -1.35. The fourth-order valence-electron chi connectivity index (χ4n) is 2.92. The normalized spacial score (nSPS) is 20.8. The van der Waals surface area contributed by atoms with Gasteiger partial charge in [-0.05, 0) is 36.8 Å². The van der Waals surface area contributed by atoms with Crippen molar-refractivity contribution >= 4 is 5.91 Å². The van der Waals surface area contributed by atoms with Gasteiger partial charge in [0, 0.05) is 6.54 Å². The molecule has 2 atom stereocenters. The topological polar surface area (TPSA) is 41.1 Å². The van der Waals surface area contributed by atoms with Crippen molar-refractivity contribution in [2.75, 3.05) is 13.1 Å². The lowest BCUT2D eigenvalue weighted by atomic mass is 9.85. The monoisotopic (exact) mass is 288 g/mol. The minimum atomic E-state index is 0.0978. The number of piperidine rings is 1. The predicted molar refractivity (Wildman–Crippen MR) is 87.0 cm³/mol. The molecule has 0 saturated carbocycles. The van der Waals surface area contributed by atoms with Crippen LogP contribution in [0.15, 0.2) is 30.3 Å². The van der Waals surface area contributed by atoms with Gasteiger partial charge in [-0.1, -0.05) is 51.1 Å². The molecule has 0 radical (unpaired) electrons. The molecule has 0 aliphatic carbocycles. The van der Waals surface area contributed by atoms with Gasteiger partial charge in [0.25, 0.3) is 0 Å². The van der Waals surface area contributed by atoms with Crippen molar-refractivity contribution in [3.8, 4) is 0 Å². The van der Waals surface area contributed by atoms with E-state index >= 15 is 0 Å². The van der Waals surface area contributed by atoms with Crippen molar-refractivity contribution in [1.82, 2.24) is 10.6 Å². The van der Waals surface area contributed by atoms with Crippen LogP contribution in [0.1, 0.15) is 51.6 Å². The zero-order valence-corrected chi connectivity index (χ0v) is 13.5. The molecule has 2 N–H and O–H groups in total. The first-order valence-electron chi connectivity index (χ1n) is 8.02. The zero-order valence-electron chi connectivity index (χ0n) is 13.5. The first-order valence-corrected chi connectivity index (χ1v) is 8.02. The second kappa shape index (κ2) is 7.08. The van der Waals surface area contributed by atoms with Gasteiger partial charge in [0.15, 0.2) is 0 Å². The van der Waals surface area contributed by atoms with E-state index in [-0.39, 0.29) is 23.3 Å². The first-order chi connectivity index (χ1) is 9.96. The molecule has 2 rings (SSSR count). The molecule has 116 valence electrons. The Balaban J connectivity index is 2.06. The van der Waals surface area contributed by atoms with Crippen LogP contribution in [-0.4, -0.2) is 19.0 Å². The van der Waals surface area contributed by atoms with E-state index in [0.29, 0.717) is 0 Å². The fraction of sp³-hybridized carbons (Fsp3) is 0.611. The summed E-state index contributed by atoms with van der Waals surface area (Å²) < 4.78 is 0. The van der Waals surface area contributed by atoms with Crippen LogP contribution in [-0.2, 0) is 4.79 Å². The van der Waals surface area contributed by atoms with Crippen molar-refractivity contribution in [1.29, 1.82) is 0 Å². The van der Waals surface area contributed by atoms with Crippen LogP contribution in [0.4, 0.5) is 0 Å². The van der Waals surface area contributed by atoms with E-state index < -0.39 is 0 Å². The molecule has 1 aliphatic heterocycles. The molecule has 3 heteroatoms. The number of benzene rings is 1. The van der Waals surface area contributed by atoms with Crippen LogP contribution < -0.4 is 10.6 Å². The summed E-state index contributed by atoms with van der Waals surface area (Å²) in [5, 5.41) is 6.60. The summed E-state index contributed by atoms with van der Waals surface area (Å²) in [6.07, 6.45) is 3.03. The third kappa shape index (κ3) is 5.16. The third-order valence-corrected chi connectivity index (χ3v) is 4.00. The van der Waals surface area contributed by atoms with E-state index in [9.17, 15) is 4.79 Å². The van der Waals surface area contributed by atoms with E-state index in [1.54, 1.807) is 0 Å². The van der Waals surface area contributed by atoms with Gasteiger partial charge >= 0.3 is 0 Å². The highest BCUT2D eigenvalue weighted by atomic mass is 16.2. The van der Waals surface area contributed by atoms with Gasteiger partial charge in [-0.15, -0.1) is 0 Å². The van der Waals surface area contributed by atoms with Crippen LogP contribution in [0.5, 0.6) is 0 Å². The number of nitrogens with one attached hydrogen (secondary N) is 2. The SMILES string of the molecule is CC(C)(C)CC(NC(=O)[C@H]1CCCNC1)c1ccccc1. The van der Waals surface area contributed by atoms with Gasteiger partial charge in [-0.2, -0.15) is 0 Å². The lowest BCUT2D eigenvalue weighted by Crippen LogP contribution is -2.42. The largest absolute Gasteiger partial charge is 0.349 e. The van der Waals surface area contributed by atoms with E-state index in [0.717, 1.165) is 32.4 Å². The van der Waals surface area contributed by atoms with Crippen molar-refractivity contribution in [2.24, 2.45) is 11.3 Å². The molecule has 3 nitrogen and oxygen atoms in total. The second-order valence-electron chi connectivity index (χ2n) is 7.28. The maximum Gasteiger partial charge on any atom is 0.224 e. The van der Waals surface area contributed by atoms with Crippen LogP contribution in [0, 0.1) is 11.3 Å². The number of hydrogen-bond acceptors (Lipinski definition) is 2. The standard InChI is InChI=1S/C18H28N2O/c1-18(2,3)12-16(14-8-5-4-6-9-14)20-17(21)15-10-7-11-19-13-15/h4-6,8-9,15-16,19H,7,10-13H2,1-3H3,(H,20,21)/t15-,16?/m0/s1. The average Bonchev–Trinajstić information content (AvgIpc) is 2.47. The Labute approximate surface area is 128 Å². The molecule has 1 aromatic rings. The average molecular weight is 288 g/mol. The smallest absolute Gasteiger partial charge is 0.224 e. The van der Waals surface area contributed by atoms with Crippen molar-refractivity contribution < 1.29 is 4.79 Å². The molecular weight excluding hydrogens is 260 g/mol. The van der Waals surface area contributed by atoms with E-state index in [1.165, 1.54) is 5.56 Å². The highest BCUT2D eigenvalue weighted by molar-refractivity contribution is 5.79. The van der Waals surface area contributed by atoms with Crippen LogP contribution in [0.3, 0.4) is 0 Å². The van der Waals surface area contributed by atoms with Gasteiger partial charge in [-0.25, -0.2) is 0 Å². The summed E-state index contributed by atoms with van der Waals surface area (Å²) in [4.78, 5) is 12.5. The molecule has 0 aromatic heterocycles. The van der Waals surface area contributed by atoms with E-state index in [2.05, 4.69) is 43.5 Å². The summed E-state index contributed by atoms with van der Waals surface area (Å²) in [6, 6.07) is 10.4. The first kappa shape index (κ1) is 16.0. The number of carbonyl (C=O) groups is 1. The van der Waals surface area contributed by atoms with Crippen molar-refractivity contribution in [3.05, 3.63) is 35.9 Å². The second-order valence-corrected chi connectivity index (χ2v) is 7.28. The fourth-order valence-corrected chi connectivity index (χ4v) is 2.92. The lowest BCUT2D eigenvalue weighted by molar-refractivity contribution is -0.126. The molecule has 1 amide bonds. The van der Waals surface area contributed by atoms with Gasteiger partial charge < -0.3 is 10.6 Å². The third-order valence-electron chi connectivity index (χ3n) is 4.00. The van der Waals surface area contributed by atoms with E-state index in [4.69, 9.17) is 0 Å². The minimum absolute atomic E-state index is 0.0978. The number of carbonyl (C=O) groups excluding carboxylic acids is 1. The summed E-state index contributed by atoms with van der Waals surface area (Å²) in [7, 11) is 0. The summed E-state index contributed by atoms with van der Waals surface area (Å²) in [5.41, 5.74) is 1.38. The molecular formula is C18H28N2O. The molecule has 1 saturated heterocycles. The van der Waals surface area contributed by atoms with Crippen molar-refractivity contribution in [3.63, 3.8) is 0 Å². The number of rotatable bonds is 4. The lowest BCUT2D eigenvalue weighted by Gasteiger charge is -2.30. The molecule has 1 aromatic carbocycles. The highest BCUT2D eigenvalue weighted by Gasteiger charge is 2.26. The minimum Gasteiger partial charge on any atom is -0.349 e. The summed E-state index contributed by atoms with van der Waals surface area (Å²) in [6.45, 7) is 8.50. The molecule has 21 heavy (non-hydrogen) atoms. The molecule has 1 heterocycles. The summed E-state index contributed by atoms with van der Waals surface area (Å²) in [5.74, 6) is 0.310. The van der Waals surface area contributed by atoms with Gasteiger partial charge in [0.05, 0.1) is 12.0 Å². The highest BCUT2D eigenvalue weighted by Crippen LogP contribution is 2.29. The molecule has 1 fully saturated rings. The zero-order chi connectivity index (χ0) is 15.3. The molecule has 1 unspecified atom stereocenters. The number of hydrogen-bond donors (Lipinski definition) is 2. The van der Waals surface area contributed by atoms with Crippen LogP contribution in [0.25, 0.3) is 0 Å². The Morgan fingerprint density at radius 3 is 2.62 bits per heavy atom. The Kier molecular flexibility index (Phi) is 5.40. The van der Waals surface area contributed by atoms with E-state index in [1.807, 2.05) is 18.2 Å². The maximum atomic E-state index is 12.5. The van der Waals surface area contributed by atoms with Crippen molar-refractivity contribution in [2.45, 2.75) is 46.1 Å². The Morgan fingerprint density at radius 2 is 2.05 bits per heavy atom. The van der Waals surface area contributed by atoms with Crippen LogP contribution in [0.2, 0.25) is 0 Å². The Bertz CT molecular complexity index is 444. The number of amides is 1. The van der Waals surface area contributed by atoms with Gasteiger partial charge in [0.1, 0.15) is 0 Å². The Morgan fingerprint density at radius 1 is 1.33 bits per heavy atom. The predicted octanol–water partition coefficient (Wildman–Crippen LogP) is 3.28. The van der Waals surface area contributed by atoms with Gasteiger partial charge in [-0.3, -0.25) is 4.79 Å². The van der Waals surface area contributed by atoms with Gasteiger partial charge in [0.2, 0.25) is 5.91 Å². The molecule has 0 spiro atoms. The quantitative estimate of drug-likeness (QED) is 0.892. The molecule has 0 bridgehead atoms. The maximum absolute atomic E-state index is 12.5. The van der Waals surface area contributed by atoms with Crippen LogP contribution >= 0.6 is 0 Å². The molecule has 1 aliphatic rings. The summed E-state index contributed by atoms with van der Waals surface area (Å²) >= 11 is 0.